The van der Waals surface area contributed by atoms with Gasteiger partial charge in [-0.15, -0.1) is 0 Å². The second-order valence-corrected chi connectivity index (χ2v) is 4.52. The lowest BCUT2D eigenvalue weighted by atomic mass is 10.2. The van der Waals surface area contributed by atoms with Crippen LogP contribution >= 0.6 is 23.2 Å². The molecule has 0 aliphatic rings. The van der Waals surface area contributed by atoms with Crippen LogP contribution in [-0.4, -0.2) is 9.78 Å². The van der Waals surface area contributed by atoms with Crippen LogP contribution in [0.4, 0.5) is 0 Å². The first-order chi connectivity index (χ1) is 8.06. The fourth-order valence-corrected chi connectivity index (χ4v) is 1.83. The number of nitrogens with zero attached hydrogens (tertiary/aromatic N) is 2. The fourth-order valence-electron chi connectivity index (χ4n) is 1.46. The Morgan fingerprint density at radius 1 is 1.41 bits per heavy atom. The molecule has 0 spiro atoms. The first-order valence-electron chi connectivity index (χ1n) is 5.06. The molecule has 17 heavy (non-hydrogen) atoms. The lowest BCUT2D eigenvalue weighted by Crippen LogP contribution is -1.96. The van der Waals surface area contributed by atoms with E-state index in [1.807, 2.05) is 6.92 Å². The Morgan fingerprint density at radius 2 is 2.18 bits per heavy atom. The van der Waals surface area contributed by atoms with Crippen molar-refractivity contribution in [2.45, 2.75) is 13.5 Å². The molecule has 5 heteroatoms. The standard InChI is InChI=1S/C12H11Cl2N2O/c1-8-12(6-16(2)15-8)17-7-9-5-10(13)3-4-11(9)14/h3-5H,7H2,1-2H3. The van der Waals surface area contributed by atoms with Gasteiger partial charge in [0.05, 0.1) is 0 Å². The van der Waals surface area contributed by atoms with Gasteiger partial charge in [-0.25, -0.2) is 0 Å². The Kier molecular flexibility index (Phi) is 3.60. The van der Waals surface area contributed by atoms with Crippen LogP contribution in [0.2, 0.25) is 10.0 Å². The molecule has 0 bridgehead atoms. The molecule has 2 aromatic rings. The van der Waals surface area contributed by atoms with Crippen molar-refractivity contribution < 1.29 is 4.74 Å². The van der Waals surface area contributed by atoms with Gasteiger partial charge >= 0.3 is 0 Å². The van der Waals surface area contributed by atoms with Gasteiger partial charge in [0, 0.05) is 22.7 Å². The predicted octanol–water partition coefficient (Wildman–Crippen LogP) is 3.41. The van der Waals surface area contributed by atoms with E-state index in [1.54, 1.807) is 29.9 Å². The van der Waals surface area contributed by atoms with Crippen molar-refractivity contribution in [1.82, 2.24) is 9.78 Å². The molecule has 1 aromatic carbocycles. The van der Waals surface area contributed by atoms with Gasteiger partial charge in [0.25, 0.3) is 0 Å². The number of hydrogen-bond acceptors (Lipinski definition) is 2. The summed E-state index contributed by atoms with van der Waals surface area (Å²) >= 11 is 11.9. The molecule has 0 fully saturated rings. The van der Waals surface area contributed by atoms with Crippen LogP contribution in [0, 0.1) is 13.1 Å². The monoisotopic (exact) mass is 269 g/mol. The molecule has 0 amide bonds. The van der Waals surface area contributed by atoms with Gasteiger partial charge < -0.3 is 4.74 Å². The smallest absolute Gasteiger partial charge is 0.170 e. The third kappa shape index (κ3) is 2.93. The molecule has 1 radical (unpaired) electrons. The van der Waals surface area contributed by atoms with E-state index in [9.17, 15) is 0 Å². The fraction of sp³-hybridized carbons (Fsp3) is 0.250. The Balaban J connectivity index is 2.12. The minimum Gasteiger partial charge on any atom is -0.485 e. The van der Waals surface area contributed by atoms with Crippen LogP contribution in [-0.2, 0) is 13.7 Å². The summed E-state index contributed by atoms with van der Waals surface area (Å²) in [6, 6.07) is 5.28. The summed E-state index contributed by atoms with van der Waals surface area (Å²) in [4.78, 5) is 0. The topological polar surface area (TPSA) is 27.1 Å². The number of hydrogen-bond donors (Lipinski definition) is 0. The highest BCUT2D eigenvalue weighted by atomic mass is 35.5. The molecule has 0 aliphatic heterocycles. The number of aromatic nitrogens is 2. The summed E-state index contributed by atoms with van der Waals surface area (Å²) in [6.07, 6.45) is 2.96. The lowest BCUT2D eigenvalue weighted by molar-refractivity contribution is 0.303. The van der Waals surface area contributed by atoms with Crippen LogP contribution in [0.25, 0.3) is 0 Å². The van der Waals surface area contributed by atoms with Gasteiger partial charge in [-0.2, -0.15) is 5.10 Å². The minimum absolute atomic E-state index is 0.350. The maximum Gasteiger partial charge on any atom is 0.170 e. The minimum atomic E-state index is 0.350. The molecule has 1 heterocycles. The van der Waals surface area contributed by atoms with Crippen LogP contribution in [0.1, 0.15) is 11.3 Å². The van der Waals surface area contributed by atoms with Gasteiger partial charge in [0.1, 0.15) is 18.5 Å². The normalized spacial score (nSPS) is 10.6. The van der Waals surface area contributed by atoms with Crippen molar-refractivity contribution in [2.24, 2.45) is 7.05 Å². The number of ether oxygens (including phenoxy) is 1. The molecule has 1 aromatic heterocycles. The second kappa shape index (κ2) is 4.98. The highest BCUT2D eigenvalue weighted by Crippen LogP contribution is 2.23. The molecule has 2 rings (SSSR count). The predicted molar refractivity (Wildman–Crippen MR) is 67.6 cm³/mol. The molecule has 0 saturated carbocycles. The third-order valence-corrected chi connectivity index (χ3v) is 2.88. The van der Waals surface area contributed by atoms with E-state index in [0.717, 1.165) is 11.3 Å². The summed E-state index contributed by atoms with van der Waals surface area (Å²) in [6.45, 7) is 2.22. The van der Waals surface area contributed by atoms with Crippen LogP contribution < -0.4 is 4.74 Å². The highest BCUT2D eigenvalue weighted by molar-refractivity contribution is 6.33. The van der Waals surface area contributed by atoms with E-state index in [1.165, 1.54) is 0 Å². The van der Waals surface area contributed by atoms with Crippen molar-refractivity contribution in [3.8, 4) is 5.75 Å². The summed E-state index contributed by atoms with van der Waals surface area (Å²) in [5.41, 5.74) is 1.64. The molecule has 0 N–H and O–H groups in total. The zero-order valence-electron chi connectivity index (χ0n) is 9.50. The van der Waals surface area contributed by atoms with Crippen molar-refractivity contribution >= 4 is 23.2 Å². The largest absolute Gasteiger partial charge is 0.485 e. The number of halogens is 2. The Morgan fingerprint density at radius 3 is 2.82 bits per heavy atom. The molecule has 0 atom stereocenters. The molecule has 89 valence electrons. The molecule has 0 aliphatic carbocycles. The molecule has 0 unspecified atom stereocenters. The zero-order chi connectivity index (χ0) is 12.4. The highest BCUT2D eigenvalue weighted by Gasteiger charge is 2.07. The number of rotatable bonds is 3. The SMILES string of the molecule is Cc1nn(C)[c]c1OCc1cc(Cl)ccc1Cl. The second-order valence-electron chi connectivity index (χ2n) is 3.67. The van der Waals surface area contributed by atoms with Crippen molar-refractivity contribution in [3.63, 3.8) is 0 Å². The van der Waals surface area contributed by atoms with Crippen LogP contribution in [0.15, 0.2) is 18.2 Å². The van der Waals surface area contributed by atoms with Gasteiger partial charge in [-0.1, -0.05) is 23.2 Å². The van der Waals surface area contributed by atoms with Crippen LogP contribution in [0.5, 0.6) is 5.75 Å². The summed E-state index contributed by atoms with van der Waals surface area (Å²) in [5, 5.41) is 5.41. The van der Waals surface area contributed by atoms with E-state index < -0.39 is 0 Å². The average molecular weight is 270 g/mol. The Hall–Kier alpha value is -1.19. The molecule has 3 nitrogen and oxygen atoms in total. The maximum absolute atomic E-state index is 6.04. The van der Waals surface area contributed by atoms with Crippen LogP contribution in [0.3, 0.4) is 0 Å². The first-order valence-corrected chi connectivity index (χ1v) is 5.81. The van der Waals surface area contributed by atoms with Gasteiger partial charge in [0.15, 0.2) is 5.75 Å². The zero-order valence-corrected chi connectivity index (χ0v) is 11.0. The molecular formula is C12H11Cl2N2O. The van der Waals surface area contributed by atoms with Crippen molar-refractivity contribution in [1.29, 1.82) is 0 Å². The quantitative estimate of drug-likeness (QED) is 0.854. The molecular weight excluding hydrogens is 259 g/mol. The van der Waals surface area contributed by atoms with Gasteiger partial charge in [-0.05, 0) is 25.1 Å². The van der Waals surface area contributed by atoms with E-state index in [4.69, 9.17) is 27.9 Å². The lowest BCUT2D eigenvalue weighted by Gasteiger charge is -2.06. The number of benzene rings is 1. The molecule has 0 saturated heterocycles. The van der Waals surface area contributed by atoms with E-state index in [0.29, 0.717) is 22.4 Å². The van der Waals surface area contributed by atoms with E-state index in [-0.39, 0.29) is 0 Å². The summed E-state index contributed by atoms with van der Waals surface area (Å²) in [5.74, 6) is 0.628. The van der Waals surface area contributed by atoms with Gasteiger partial charge in [-0.3, -0.25) is 4.68 Å². The maximum atomic E-state index is 6.04. The summed E-state index contributed by atoms with van der Waals surface area (Å²) < 4.78 is 7.19. The van der Waals surface area contributed by atoms with Gasteiger partial charge in [0.2, 0.25) is 0 Å². The first kappa shape index (κ1) is 12.3. The Bertz CT molecular complexity index is 537. The van der Waals surface area contributed by atoms with E-state index >= 15 is 0 Å². The van der Waals surface area contributed by atoms with Crippen molar-refractivity contribution in [2.75, 3.05) is 0 Å². The van der Waals surface area contributed by atoms with Crippen molar-refractivity contribution in [3.05, 3.63) is 45.7 Å². The Labute approximate surface area is 110 Å². The third-order valence-electron chi connectivity index (χ3n) is 2.27. The average Bonchev–Trinajstić information content (AvgIpc) is 2.59. The summed E-state index contributed by atoms with van der Waals surface area (Å²) in [7, 11) is 1.80. The van der Waals surface area contributed by atoms with E-state index in [2.05, 4.69) is 11.3 Å². The number of aryl methyl sites for hydroxylation is 2.